The molecule has 2 rings (SSSR count). The van der Waals surface area contributed by atoms with Crippen LogP contribution in [0.3, 0.4) is 0 Å². The van der Waals surface area contributed by atoms with Crippen molar-refractivity contribution < 1.29 is 19.4 Å². The number of carbonyl (C=O) groups is 2. The fourth-order valence-corrected chi connectivity index (χ4v) is 2.78. The number of methoxy groups -OCH3 is 1. The summed E-state index contributed by atoms with van der Waals surface area (Å²) in [4.78, 5) is 23.2. The number of rotatable bonds is 8. The molecule has 0 unspecified atom stereocenters. The van der Waals surface area contributed by atoms with E-state index in [4.69, 9.17) is 9.84 Å². The zero-order valence-electron chi connectivity index (χ0n) is 12.3. The van der Waals surface area contributed by atoms with E-state index in [9.17, 15) is 9.59 Å². The molecule has 1 heterocycles. The number of amides is 1. The highest BCUT2D eigenvalue weighted by Crippen LogP contribution is 2.43. The van der Waals surface area contributed by atoms with E-state index < -0.39 is 5.97 Å². The predicted molar refractivity (Wildman–Crippen MR) is 77.2 cm³/mol. The topological polar surface area (TPSA) is 80.6 Å². The van der Waals surface area contributed by atoms with Crippen LogP contribution in [0.15, 0.2) is 18.3 Å². The largest absolute Gasteiger partial charge is 0.481 e. The van der Waals surface area contributed by atoms with Crippen LogP contribution in [0.2, 0.25) is 0 Å². The van der Waals surface area contributed by atoms with Crippen molar-refractivity contribution >= 4 is 11.9 Å². The van der Waals surface area contributed by atoms with Crippen LogP contribution in [0.25, 0.3) is 0 Å². The van der Waals surface area contributed by atoms with E-state index in [0.717, 1.165) is 19.3 Å². The minimum absolute atomic E-state index is 0.123. The molecular weight excluding hydrogens is 272 g/mol. The number of aliphatic carboxylic acids is 1. The lowest BCUT2D eigenvalue weighted by Crippen LogP contribution is -2.43. The van der Waals surface area contributed by atoms with Gasteiger partial charge in [0.2, 0.25) is 0 Å². The first kappa shape index (κ1) is 15.6. The highest BCUT2D eigenvalue weighted by atomic mass is 16.5. The Hall–Kier alpha value is -1.82. The van der Waals surface area contributed by atoms with Crippen LogP contribution in [-0.2, 0) is 16.1 Å². The Bertz CT molecular complexity index is 506. The Morgan fingerprint density at radius 2 is 2.24 bits per heavy atom. The maximum absolute atomic E-state index is 12.2. The fourth-order valence-electron chi connectivity index (χ4n) is 2.78. The van der Waals surface area contributed by atoms with Crippen LogP contribution in [0.4, 0.5) is 0 Å². The van der Waals surface area contributed by atoms with Crippen LogP contribution < -0.4 is 5.32 Å². The number of ether oxygens (including phenoxy) is 1. The first-order valence-corrected chi connectivity index (χ1v) is 7.20. The second kappa shape index (κ2) is 6.76. The summed E-state index contributed by atoms with van der Waals surface area (Å²) in [7, 11) is 1.62. The minimum Gasteiger partial charge on any atom is -0.481 e. The van der Waals surface area contributed by atoms with Gasteiger partial charge in [-0.05, 0) is 30.4 Å². The van der Waals surface area contributed by atoms with Gasteiger partial charge in [-0.1, -0.05) is 6.42 Å². The molecular formula is C15H22N2O4. The number of aromatic nitrogens is 1. The molecule has 0 aliphatic heterocycles. The average molecular weight is 294 g/mol. The van der Waals surface area contributed by atoms with E-state index >= 15 is 0 Å². The predicted octanol–water partition coefficient (Wildman–Crippen LogP) is 1.51. The van der Waals surface area contributed by atoms with Crippen molar-refractivity contribution in [1.29, 1.82) is 0 Å². The third kappa shape index (κ3) is 3.85. The maximum atomic E-state index is 12.2. The minimum atomic E-state index is -0.799. The van der Waals surface area contributed by atoms with E-state index in [0.29, 0.717) is 25.4 Å². The summed E-state index contributed by atoms with van der Waals surface area (Å²) in [6.45, 7) is 1.58. The quantitative estimate of drug-likeness (QED) is 0.761. The van der Waals surface area contributed by atoms with Crippen LogP contribution >= 0.6 is 0 Å². The van der Waals surface area contributed by atoms with Gasteiger partial charge in [0.05, 0.1) is 13.0 Å². The third-order valence-corrected chi connectivity index (χ3v) is 4.16. The molecule has 1 amide bonds. The second-order valence-electron chi connectivity index (χ2n) is 5.69. The second-order valence-corrected chi connectivity index (χ2v) is 5.69. The molecule has 0 aromatic carbocycles. The van der Waals surface area contributed by atoms with Crippen molar-refractivity contribution in [2.24, 2.45) is 5.41 Å². The zero-order chi connectivity index (χ0) is 15.3. The molecule has 0 saturated heterocycles. The molecule has 2 N–H and O–H groups in total. The van der Waals surface area contributed by atoms with E-state index in [-0.39, 0.29) is 17.7 Å². The molecule has 1 aromatic heterocycles. The van der Waals surface area contributed by atoms with Gasteiger partial charge >= 0.3 is 5.97 Å². The van der Waals surface area contributed by atoms with E-state index in [1.165, 1.54) is 0 Å². The van der Waals surface area contributed by atoms with Gasteiger partial charge in [0.1, 0.15) is 5.69 Å². The van der Waals surface area contributed by atoms with Gasteiger partial charge < -0.3 is 19.7 Å². The first-order chi connectivity index (χ1) is 10.1. The van der Waals surface area contributed by atoms with Crippen molar-refractivity contribution in [2.45, 2.75) is 32.2 Å². The lowest BCUT2D eigenvalue weighted by atomic mass is 9.66. The molecule has 0 atom stereocenters. The first-order valence-electron chi connectivity index (χ1n) is 7.20. The van der Waals surface area contributed by atoms with Crippen LogP contribution in [0.5, 0.6) is 0 Å². The highest BCUT2D eigenvalue weighted by molar-refractivity contribution is 5.92. The number of carboxylic acids is 1. The molecule has 116 valence electrons. The number of hydrogen-bond acceptors (Lipinski definition) is 3. The lowest BCUT2D eigenvalue weighted by Gasteiger charge is -2.40. The molecule has 6 nitrogen and oxygen atoms in total. The van der Waals surface area contributed by atoms with Crippen molar-refractivity contribution in [3.05, 3.63) is 24.0 Å². The van der Waals surface area contributed by atoms with E-state index in [1.54, 1.807) is 13.2 Å². The summed E-state index contributed by atoms with van der Waals surface area (Å²) in [6.07, 6.45) is 4.73. The summed E-state index contributed by atoms with van der Waals surface area (Å²) in [6, 6.07) is 3.58. The molecule has 0 bridgehead atoms. The normalized spacial score (nSPS) is 16.2. The molecule has 1 fully saturated rings. The highest BCUT2D eigenvalue weighted by Gasteiger charge is 2.39. The van der Waals surface area contributed by atoms with Crippen LogP contribution in [0, 0.1) is 5.41 Å². The van der Waals surface area contributed by atoms with Gasteiger partial charge in [-0.3, -0.25) is 9.59 Å². The van der Waals surface area contributed by atoms with Gasteiger partial charge in [-0.15, -0.1) is 0 Å². The Morgan fingerprint density at radius 1 is 1.48 bits per heavy atom. The number of hydrogen-bond donors (Lipinski definition) is 2. The number of carbonyl (C=O) groups excluding carboxylic acids is 1. The number of nitrogens with one attached hydrogen (secondary N) is 1. The van der Waals surface area contributed by atoms with Crippen molar-refractivity contribution in [1.82, 2.24) is 9.88 Å². The zero-order valence-corrected chi connectivity index (χ0v) is 12.3. The Balaban J connectivity index is 1.92. The summed E-state index contributed by atoms with van der Waals surface area (Å²) < 4.78 is 6.85. The van der Waals surface area contributed by atoms with Crippen LogP contribution in [-0.4, -0.2) is 41.8 Å². The van der Waals surface area contributed by atoms with Crippen LogP contribution in [0.1, 0.15) is 36.2 Å². The van der Waals surface area contributed by atoms with Crippen molar-refractivity contribution in [2.75, 3.05) is 20.3 Å². The van der Waals surface area contributed by atoms with E-state index in [2.05, 4.69) is 5.32 Å². The van der Waals surface area contributed by atoms with E-state index in [1.807, 2.05) is 16.8 Å². The molecule has 6 heteroatoms. The molecule has 0 spiro atoms. The summed E-state index contributed by atoms with van der Waals surface area (Å²) in [5.41, 5.74) is 0.322. The van der Waals surface area contributed by atoms with Crippen molar-refractivity contribution in [3.63, 3.8) is 0 Å². The molecule has 1 saturated carbocycles. The molecule has 1 aliphatic carbocycles. The monoisotopic (exact) mass is 294 g/mol. The van der Waals surface area contributed by atoms with Gasteiger partial charge in [0.15, 0.2) is 0 Å². The summed E-state index contributed by atoms with van der Waals surface area (Å²) in [5.74, 6) is -0.958. The Kier molecular flexibility index (Phi) is 5.01. The smallest absolute Gasteiger partial charge is 0.303 e. The average Bonchev–Trinajstić information content (AvgIpc) is 2.87. The summed E-state index contributed by atoms with van der Waals surface area (Å²) >= 11 is 0. The molecule has 21 heavy (non-hydrogen) atoms. The van der Waals surface area contributed by atoms with Gasteiger partial charge in [0.25, 0.3) is 5.91 Å². The van der Waals surface area contributed by atoms with Gasteiger partial charge in [-0.2, -0.15) is 0 Å². The maximum Gasteiger partial charge on any atom is 0.303 e. The lowest BCUT2D eigenvalue weighted by molar-refractivity contribution is -0.141. The fraction of sp³-hybridized carbons (Fsp3) is 0.600. The Labute approximate surface area is 124 Å². The summed E-state index contributed by atoms with van der Waals surface area (Å²) in [5, 5.41) is 11.9. The third-order valence-electron chi connectivity index (χ3n) is 4.16. The van der Waals surface area contributed by atoms with Crippen molar-refractivity contribution in [3.8, 4) is 0 Å². The number of carboxylic acid groups (broad SMARTS) is 1. The Morgan fingerprint density at radius 3 is 2.81 bits per heavy atom. The standard InChI is InChI=1S/C15H22N2O4/c1-21-9-8-17-7-2-4-12(17)14(20)16-11-15(5-3-6-15)10-13(18)19/h2,4,7H,3,5-6,8-11H2,1H3,(H,16,20)(H,18,19). The molecule has 0 radical (unpaired) electrons. The van der Waals surface area contributed by atoms with Gasteiger partial charge in [-0.25, -0.2) is 0 Å². The SMILES string of the molecule is COCCn1cccc1C(=O)NCC1(CC(=O)O)CCC1. The molecule has 1 aliphatic rings. The molecule has 1 aromatic rings. The van der Waals surface area contributed by atoms with Gasteiger partial charge in [0, 0.05) is 26.4 Å². The number of nitrogens with zero attached hydrogens (tertiary/aromatic N) is 1.